The maximum absolute atomic E-state index is 13.1. The molecule has 0 spiro atoms. The van der Waals surface area contributed by atoms with Crippen molar-refractivity contribution in [2.24, 2.45) is 0 Å². The number of pyridine rings is 1. The molecule has 0 unspecified atom stereocenters. The molecule has 164 valence electrons. The molecule has 2 aromatic heterocycles. The Kier molecular flexibility index (Phi) is 5.57. The van der Waals surface area contributed by atoms with Crippen LogP contribution in [0.5, 0.6) is 0 Å². The second-order valence-corrected chi connectivity index (χ2v) is 10.9. The van der Waals surface area contributed by atoms with Gasteiger partial charge in [0, 0.05) is 45.8 Å². The van der Waals surface area contributed by atoms with Crippen molar-refractivity contribution < 1.29 is 8.42 Å². The highest BCUT2D eigenvalue weighted by Crippen LogP contribution is 2.40. The highest BCUT2D eigenvalue weighted by Gasteiger charge is 2.20. The summed E-state index contributed by atoms with van der Waals surface area (Å²) in [5, 5.41) is 3.24. The number of aryl methyl sites for hydroxylation is 1. The van der Waals surface area contributed by atoms with Gasteiger partial charge in [-0.1, -0.05) is 29.8 Å². The Hall–Kier alpha value is -2.61. The molecule has 1 saturated heterocycles. The molecule has 8 heteroatoms. The van der Waals surface area contributed by atoms with Gasteiger partial charge in [-0.15, -0.1) is 11.3 Å². The van der Waals surface area contributed by atoms with Crippen molar-refractivity contribution in [1.82, 2.24) is 4.98 Å². The minimum atomic E-state index is -3.81. The molecule has 0 saturated carbocycles. The fourth-order valence-corrected chi connectivity index (χ4v) is 6.52. The van der Waals surface area contributed by atoms with E-state index in [2.05, 4.69) is 44.3 Å². The molecule has 1 aliphatic heterocycles. The number of fused-ring (bicyclic) bond motifs is 1. The van der Waals surface area contributed by atoms with Crippen LogP contribution in [0.2, 0.25) is 5.02 Å². The number of hydrogen-bond acceptors (Lipinski definition) is 5. The van der Waals surface area contributed by atoms with Crippen molar-refractivity contribution in [3.63, 3.8) is 0 Å². The average Bonchev–Trinajstić information content (AvgIpc) is 3.44. The van der Waals surface area contributed by atoms with Crippen molar-refractivity contribution in [2.45, 2.75) is 24.7 Å². The number of benzene rings is 2. The second-order valence-electron chi connectivity index (χ2n) is 7.95. The van der Waals surface area contributed by atoms with Crippen LogP contribution >= 0.6 is 22.9 Å². The lowest BCUT2D eigenvalue weighted by atomic mass is 10.0. The number of aromatic nitrogens is 1. The van der Waals surface area contributed by atoms with Gasteiger partial charge < -0.3 is 4.90 Å². The third-order valence-corrected chi connectivity index (χ3v) is 8.12. The van der Waals surface area contributed by atoms with E-state index in [1.54, 1.807) is 18.2 Å². The first-order valence-electron chi connectivity index (χ1n) is 10.4. The number of hydrogen-bond donors (Lipinski definition) is 1. The Balaban J connectivity index is 1.61. The molecule has 5 rings (SSSR count). The molecule has 4 aromatic rings. The summed E-state index contributed by atoms with van der Waals surface area (Å²) >= 11 is 7.54. The number of anilines is 2. The van der Waals surface area contributed by atoms with Crippen LogP contribution in [0.1, 0.15) is 18.5 Å². The lowest BCUT2D eigenvalue weighted by molar-refractivity contribution is 0.601. The Morgan fingerprint density at radius 3 is 2.62 bits per heavy atom. The quantitative estimate of drug-likeness (QED) is 0.360. The Morgan fingerprint density at radius 1 is 1.06 bits per heavy atom. The lowest BCUT2D eigenvalue weighted by Gasteiger charge is -2.18. The number of halogens is 1. The summed E-state index contributed by atoms with van der Waals surface area (Å²) in [7, 11) is -3.81. The molecule has 32 heavy (non-hydrogen) atoms. The molecule has 0 atom stereocenters. The minimum absolute atomic E-state index is 0.125. The topological polar surface area (TPSA) is 62.3 Å². The van der Waals surface area contributed by atoms with Gasteiger partial charge in [-0.25, -0.2) is 13.4 Å². The summed E-state index contributed by atoms with van der Waals surface area (Å²) in [5.74, 6) is 0. The number of thiophene rings is 1. The van der Waals surface area contributed by atoms with E-state index in [0.29, 0.717) is 10.7 Å². The molecule has 1 fully saturated rings. The molecule has 0 amide bonds. The second kappa shape index (κ2) is 8.39. The van der Waals surface area contributed by atoms with E-state index in [9.17, 15) is 8.42 Å². The van der Waals surface area contributed by atoms with Crippen molar-refractivity contribution >= 4 is 54.6 Å². The van der Waals surface area contributed by atoms with Crippen LogP contribution in [0.4, 0.5) is 11.4 Å². The fraction of sp³-hybridized carbons (Fsp3) is 0.208. The SMILES string of the molecule is Cc1cc(NS(=O)(=O)c2cccc(Cl)c2)c2c(-c3cccc(N4CCCC4)c3)csc2n1. The zero-order valence-corrected chi connectivity index (χ0v) is 19.9. The predicted molar refractivity (Wildman–Crippen MR) is 134 cm³/mol. The zero-order valence-electron chi connectivity index (χ0n) is 17.5. The highest BCUT2D eigenvalue weighted by atomic mass is 35.5. The monoisotopic (exact) mass is 483 g/mol. The summed E-state index contributed by atoms with van der Waals surface area (Å²) in [4.78, 5) is 7.97. The molecule has 5 nitrogen and oxygen atoms in total. The van der Waals surface area contributed by atoms with Gasteiger partial charge in [-0.3, -0.25) is 4.72 Å². The van der Waals surface area contributed by atoms with Crippen LogP contribution in [0.15, 0.2) is 64.9 Å². The minimum Gasteiger partial charge on any atom is -0.372 e. The van der Waals surface area contributed by atoms with E-state index in [4.69, 9.17) is 11.6 Å². The first kappa shape index (κ1) is 21.2. The molecular weight excluding hydrogens is 462 g/mol. The highest BCUT2D eigenvalue weighted by molar-refractivity contribution is 7.92. The molecule has 1 aliphatic rings. The summed E-state index contributed by atoms with van der Waals surface area (Å²) in [5.41, 5.74) is 4.49. The van der Waals surface area contributed by atoms with E-state index >= 15 is 0 Å². The van der Waals surface area contributed by atoms with E-state index < -0.39 is 10.0 Å². The van der Waals surface area contributed by atoms with Crippen molar-refractivity contribution in [1.29, 1.82) is 0 Å². The standard InChI is InChI=1S/C24H22ClN3O2S2/c1-16-12-22(27-32(29,30)20-9-5-7-18(25)14-20)23-21(15-31-24(23)26-16)17-6-4-8-19(13-17)28-10-2-3-11-28/h4-9,12-15H,2-3,10-11H2,1H3,(H,26,27). The number of rotatable bonds is 5. The van der Waals surface area contributed by atoms with E-state index in [-0.39, 0.29) is 4.90 Å². The van der Waals surface area contributed by atoms with Crippen molar-refractivity contribution in [2.75, 3.05) is 22.7 Å². The lowest BCUT2D eigenvalue weighted by Crippen LogP contribution is -2.17. The fourth-order valence-electron chi connectivity index (χ4n) is 4.14. The first-order valence-corrected chi connectivity index (χ1v) is 13.2. The largest absolute Gasteiger partial charge is 0.372 e. The van der Waals surface area contributed by atoms with Crippen molar-refractivity contribution in [3.8, 4) is 11.1 Å². The Morgan fingerprint density at radius 2 is 1.84 bits per heavy atom. The molecule has 3 heterocycles. The van der Waals surface area contributed by atoms with Gasteiger partial charge in [0.15, 0.2) is 0 Å². The summed E-state index contributed by atoms with van der Waals surface area (Å²) in [6.45, 7) is 4.00. The average molecular weight is 484 g/mol. The van der Waals surface area contributed by atoms with Gasteiger partial charge in [0.1, 0.15) is 4.83 Å². The Bertz CT molecular complexity index is 1410. The smallest absolute Gasteiger partial charge is 0.261 e. The molecule has 0 bridgehead atoms. The zero-order chi connectivity index (χ0) is 22.3. The van der Waals surface area contributed by atoms with E-state index in [0.717, 1.165) is 40.1 Å². The van der Waals surface area contributed by atoms with Crippen molar-refractivity contribution in [3.05, 3.63) is 70.7 Å². The van der Waals surface area contributed by atoms with Gasteiger partial charge >= 0.3 is 0 Å². The molecular formula is C24H22ClN3O2S2. The van der Waals surface area contributed by atoms with E-state index in [1.165, 1.54) is 42.0 Å². The summed E-state index contributed by atoms with van der Waals surface area (Å²) in [6.07, 6.45) is 2.43. The van der Waals surface area contributed by atoms with Crippen LogP contribution in [0.3, 0.4) is 0 Å². The molecule has 0 radical (unpaired) electrons. The number of nitrogens with one attached hydrogen (secondary N) is 1. The van der Waals surface area contributed by atoms with Gasteiger partial charge in [-0.05, 0) is 61.7 Å². The third-order valence-electron chi connectivity index (χ3n) is 5.65. The normalized spacial score (nSPS) is 14.2. The van der Waals surface area contributed by atoms with Crippen LogP contribution in [-0.2, 0) is 10.0 Å². The molecule has 0 aliphatic carbocycles. The maximum Gasteiger partial charge on any atom is 0.261 e. The van der Waals surface area contributed by atoms with Crippen LogP contribution in [0.25, 0.3) is 21.3 Å². The van der Waals surface area contributed by atoms with Crippen LogP contribution < -0.4 is 9.62 Å². The van der Waals surface area contributed by atoms with E-state index in [1.807, 2.05) is 6.92 Å². The number of nitrogens with zero attached hydrogens (tertiary/aromatic N) is 2. The molecule has 2 aromatic carbocycles. The van der Waals surface area contributed by atoms with Gasteiger partial charge in [0.25, 0.3) is 10.0 Å². The Labute approximate surface area is 196 Å². The molecule has 1 N–H and O–H groups in total. The van der Waals surface area contributed by atoms with Gasteiger partial charge in [0.05, 0.1) is 10.6 Å². The first-order chi connectivity index (χ1) is 15.4. The number of sulfonamides is 1. The maximum atomic E-state index is 13.1. The third kappa shape index (κ3) is 4.08. The van der Waals surface area contributed by atoms with Gasteiger partial charge in [-0.2, -0.15) is 0 Å². The summed E-state index contributed by atoms with van der Waals surface area (Å²) < 4.78 is 29.0. The van der Waals surface area contributed by atoms with Gasteiger partial charge in [0.2, 0.25) is 0 Å². The van der Waals surface area contributed by atoms with Crippen LogP contribution in [-0.4, -0.2) is 26.5 Å². The predicted octanol–water partition coefficient (Wildman–Crippen LogP) is 6.33. The van der Waals surface area contributed by atoms with Crippen LogP contribution in [0, 0.1) is 6.92 Å². The summed E-state index contributed by atoms with van der Waals surface area (Å²) in [6, 6.07) is 16.5.